The first-order chi connectivity index (χ1) is 9.49. The van der Waals surface area contributed by atoms with E-state index in [1.165, 1.54) is 12.1 Å². The molecule has 114 valence electrons. The lowest BCUT2D eigenvalue weighted by molar-refractivity contribution is 0.552. The number of anilines is 1. The molecule has 0 saturated carbocycles. The van der Waals surface area contributed by atoms with E-state index in [0.29, 0.717) is 25.2 Å². The van der Waals surface area contributed by atoms with Gasteiger partial charge in [0.05, 0.1) is 0 Å². The van der Waals surface area contributed by atoms with Crippen molar-refractivity contribution in [3.05, 3.63) is 29.3 Å². The molecule has 4 heteroatoms. The van der Waals surface area contributed by atoms with Gasteiger partial charge in [-0.2, -0.15) is 0 Å². The van der Waals surface area contributed by atoms with Gasteiger partial charge in [-0.1, -0.05) is 27.2 Å². The molecule has 0 aliphatic carbocycles. The molecule has 20 heavy (non-hydrogen) atoms. The Hall–Kier alpha value is -1.16. The van der Waals surface area contributed by atoms with Crippen LogP contribution < -0.4 is 10.2 Å². The van der Waals surface area contributed by atoms with Gasteiger partial charge in [0, 0.05) is 25.7 Å². The number of nitrogens with one attached hydrogen (secondary N) is 1. The van der Waals surface area contributed by atoms with Crippen LogP contribution in [-0.2, 0) is 6.54 Å². The van der Waals surface area contributed by atoms with Crippen molar-refractivity contribution in [2.75, 3.05) is 18.0 Å². The van der Waals surface area contributed by atoms with Crippen molar-refractivity contribution >= 4 is 5.69 Å². The van der Waals surface area contributed by atoms with Gasteiger partial charge >= 0.3 is 0 Å². The van der Waals surface area contributed by atoms with E-state index in [9.17, 15) is 8.78 Å². The molecule has 0 aromatic heterocycles. The van der Waals surface area contributed by atoms with Gasteiger partial charge in [-0.15, -0.1) is 0 Å². The molecule has 1 N–H and O–H groups in total. The molecule has 0 amide bonds. The molecular weight excluding hydrogens is 258 g/mol. The van der Waals surface area contributed by atoms with Crippen LogP contribution in [0.15, 0.2) is 12.1 Å². The molecule has 0 atom stereocenters. The number of unbranched alkanes of at least 4 members (excludes halogenated alkanes) is 1. The molecule has 0 aliphatic rings. The lowest BCUT2D eigenvalue weighted by atomic mass is 10.1. The summed E-state index contributed by atoms with van der Waals surface area (Å²) >= 11 is 0. The number of benzene rings is 1. The number of hydrogen-bond donors (Lipinski definition) is 1. The van der Waals surface area contributed by atoms with E-state index < -0.39 is 11.6 Å². The van der Waals surface area contributed by atoms with Crippen LogP contribution in [0.3, 0.4) is 0 Å². The molecule has 0 unspecified atom stereocenters. The third-order valence-corrected chi connectivity index (χ3v) is 3.27. The highest BCUT2D eigenvalue weighted by atomic mass is 19.1. The quantitative estimate of drug-likeness (QED) is 0.773. The molecule has 1 aromatic rings. The predicted molar refractivity (Wildman–Crippen MR) is 81.1 cm³/mol. The molecule has 0 bridgehead atoms. The second kappa shape index (κ2) is 8.20. The predicted octanol–water partition coefficient (Wildman–Crippen LogP) is 4.09. The molecule has 0 radical (unpaired) electrons. The maximum atomic E-state index is 14.2. The van der Waals surface area contributed by atoms with Gasteiger partial charge in [0.15, 0.2) is 0 Å². The largest absolute Gasteiger partial charge is 0.367 e. The Bertz CT molecular complexity index is 396. The number of hydrogen-bond acceptors (Lipinski definition) is 2. The van der Waals surface area contributed by atoms with Crippen molar-refractivity contribution in [1.82, 2.24) is 5.32 Å². The smallest absolute Gasteiger partial charge is 0.149 e. The Kier molecular flexibility index (Phi) is 6.93. The van der Waals surface area contributed by atoms with E-state index >= 15 is 0 Å². The highest BCUT2D eigenvalue weighted by Gasteiger charge is 2.16. The summed E-state index contributed by atoms with van der Waals surface area (Å²) in [6.07, 6.45) is 1.94. The van der Waals surface area contributed by atoms with E-state index in [4.69, 9.17) is 0 Å². The van der Waals surface area contributed by atoms with Crippen LogP contribution in [0.1, 0.15) is 46.1 Å². The van der Waals surface area contributed by atoms with Gasteiger partial charge in [-0.05, 0) is 31.0 Å². The summed E-state index contributed by atoms with van der Waals surface area (Å²) in [5, 5.41) is 3.17. The van der Waals surface area contributed by atoms with Gasteiger partial charge in [0.2, 0.25) is 0 Å². The van der Waals surface area contributed by atoms with Crippen molar-refractivity contribution in [3.63, 3.8) is 0 Å². The molecule has 2 nitrogen and oxygen atoms in total. The molecule has 0 fully saturated rings. The van der Waals surface area contributed by atoms with Crippen molar-refractivity contribution in [2.24, 2.45) is 0 Å². The summed E-state index contributed by atoms with van der Waals surface area (Å²) in [5.74, 6) is -0.938. The average molecular weight is 284 g/mol. The zero-order chi connectivity index (χ0) is 15.1. The summed E-state index contributed by atoms with van der Waals surface area (Å²) in [6, 6.07) is 3.16. The zero-order valence-corrected chi connectivity index (χ0v) is 13.0. The second-order valence-corrected chi connectivity index (χ2v) is 5.38. The molecule has 1 rings (SSSR count). The topological polar surface area (TPSA) is 15.3 Å². The first-order valence-corrected chi connectivity index (χ1v) is 7.45. The maximum absolute atomic E-state index is 14.2. The lowest BCUT2D eigenvalue weighted by Gasteiger charge is -2.24. The van der Waals surface area contributed by atoms with Crippen LogP contribution in [0.2, 0.25) is 0 Å². The monoisotopic (exact) mass is 284 g/mol. The number of nitrogens with zero attached hydrogens (tertiary/aromatic N) is 1. The molecular formula is C16H26F2N2. The number of rotatable bonds is 8. The highest BCUT2D eigenvalue weighted by Crippen LogP contribution is 2.25. The second-order valence-electron chi connectivity index (χ2n) is 5.38. The Balaban J connectivity index is 2.92. The van der Waals surface area contributed by atoms with Crippen LogP contribution in [0.5, 0.6) is 0 Å². The standard InChI is InChI=1S/C16H26F2N2/c1-5-7-8-20(6-2)16-14(17)9-13(10-15(16)18)11-19-12(3)4/h9-10,12,19H,5-8,11H2,1-4H3. The van der Waals surface area contributed by atoms with Gasteiger partial charge in [-0.25, -0.2) is 8.78 Å². The fraction of sp³-hybridized carbons (Fsp3) is 0.625. The molecule has 0 spiro atoms. The Morgan fingerprint density at radius 2 is 1.75 bits per heavy atom. The highest BCUT2D eigenvalue weighted by molar-refractivity contribution is 5.50. The maximum Gasteiger partial charge on any atom is 0.149 e. The summed E-state index contributed by atoms with van der Waals surface area (Å²) < 4.78 is 28.4. The Morgan fingerprint density at radius 1 is 1.15 bits per heavy atom. The van der Waals surface area contributed by atoms with E-state index in [2.05, 4.69) is 12.2 Å². The Morgan fingerprint density at radius 3 is 2.20 bits per heavy atom. The molecule has 0 saturated heterocycles. The van der Waals surface area contributed by atoms with Crippen LogP contribution in [0, 0.1) is 11.6 Å². The summed E-state index contributed by atoms with van der Waals surface area (Å²) in [4.78, 5) is 1.77. The first-order valence-electron chi connectivity index (χ1n) is 7.45. The van der Waals surface area contributed by atoms with Crippen LogP contribution in [0.4, 0.5) is 14.5 Å². The minimum absolute atomic E-state index is 0.106. The van der Waals surface area contributed by atoms with Crippen LogP contribution >= 0.6 is 0 Å². The van der Waals surface area contributed by atoms with E-state index in [0.717, 1.165) is 12.8 Å². The minimum atomic E-state index is -0.469. The lowest BCUT2D eigenvalue weighted by Crippen LogP contribution is -2.26. The zero-order valence-electron chi connectivity index (χ0n) is 13.0. The fourth-order valence-corrected chi connectivity index (χ4v) is 2.12. The summed E-state index contributed by atoms with van der Waals surface area (Å²) in [6.45, 7) is 9.77. The molecule has 0 heterocycles. The van der Waals surface area contributed by atoms with Gasteiger partial charge < -0.3 is 10.2 Å². The van der Waals surface area contributed by atoms with E-state index in [1.807, 2.05) is 20.8 Å². The van der Waals surface area contributed by atoms with Gasteiger partial charge in [-0.3, -0.25) is 0 Å². The third-order valence-electron chi connectivity index (χ3n) is 3.27. The minimum Gasteiger partial charge on any atom is -0.367 e. The van der Waals surface area contributed by atoms with Crippen molar-refractivity contribution in [1.29, 1.82) is 0 Å². The fourth-order valence-electron chi connectivity index (χ4n) is 2.12. The Labute approximate surface area is 121 Å². The van der Waals surface area contributed by atoms with Crippen molar-refractivity contribution in [3.8, 4) is 0 Å². The normalized spacial score (nSPS) is 11.2. The van der Waals surface area contributed by atoms with E-state index in [-0.39, 0.29) is 11.7 Å². The molecule has 1 aromatic carbocycles. The van der Waals surface area contributed by atoms with Crippen molar-refractivity contribution < 1.29 is 8.78 Å². The van der Waals surface area contributed by atoms with Crippen LogP contribution in [0.25, 0.3) is 0 Å². The van der Waals surface area contributed by atoms with Crippen LogP contribution in [-0.4, -0.2) is 19.1 Å². The SMILES string of the molecule is CCCCN(CC)c1c(F)cc(CNC(C)C)cc1F. The first kappa shape index (κ1) is 16.9. The van der Waals surface area contributed by atoms with E-state index in [1.54, 1.807) is 4.90 Å². The van der Waals surface area contributed by atoms with Crippen molar-refractivity contribution in [2.45, 2.75) is 53.1 Å². The molecule has 0 aliphatic heterocycles. The third kappa shape index (κ3) is 4.75. The average Bonchev–Trinajstić information content (AvgIpc) is 2.39. The van der Waals surface area contributed by atoms with Gasteiger partial charge in [0.25, 0.3) is 0 Å². The number of halogens is 2. The summed E-state index contributed by atoms with van der Waals surface area (Å²) in [7, 11) is 0. The summed E-state index contributed by atoms with van der Waals surface area (Å²) in [5.41, 5.74) is 0.748. The van der Waals surface area contributed by atoms with Gasteiger partial charge in [0.1, 0.15) is 17.3 Å².